The molecule has 1 saturated heterocycles. The van der Waals surface area contributed by atoms with Crippen molar-refractivity contribution in [2.45, 2.75) is 25.7 Å². The van der Waals surface area contributed by atoms with Crippen LogP contribution in [0.5, 0.6) is 0 Å². The third-order valence-electron chi connectivity index (χ3n) is 4.22. The van der Waals surface area contributed by atoms with Crippen LogP contribution >= 0.6 is 0 Å². The Labute approximate surface area is 137 Å². The number of benzene rings is 1. The molecule has 1 aliphatic heterocycles. The molecule has 0 radical (unpaired) electrons. The summed E-state index contributed by atoms with van der Waals surface area (Å²) in [7, 11) is 1.76. The average molecular weight is 310 g/mol. The number of amides is 1. The smallest absolute Gasteiger partial charge is 0.261 e. The lowest BCUT2D eigenvalue weighted by Gasteiger charge is -2.20. The molecule has 1 aromatic carbocycles. The van der Waals surface area contributed by atoms with Crippen LogP contribution in [0.15, 0.2) is 42.7 Å². The number of carbonyl (C=O) groups is 1. The summed E-state index contributed by atoms with van der Waals surface area (Å²) in [5.41, 5.74) is 1.36. The van der Waals surface area contributed by atoms with Gasteiger partial charge in [0.25, 0.3) is 5.91 Å². The fourth-order valence-electron chi connectivity index (χ4n) is 2.83. The summed E-state index contributed by atoms with van der Waals surface area (Å²) in [5.74, 6) is 0.629. The van der Waals surface area contributed by atoms with Crippen molar-refractivity contribution in [3.8, 4) is 0 Å². The van der Waals surface area contributed by atoms with Crippen molar-refractivity contribution < 1.29 is 4.79 Å². The van der Waals surface area contributed by atoms with Crippen molar-refractivity contribution in [1.29, 1.82) is 0 Å². The lowest BCUT2D eigenvalue weighted by atomic mass is 10.2. The Morgan fingerprint density at radius 3 is 2.22 bits per heavy atom. The Bertz CT molecular complexity index is 634. The molecule has 0 atom stereocenters. The monoisotopic (exact) mass is 310 g/mol. The molecule has 23 heavy (non-hydrogen) atoms. The van der Waals surface area contributed by atoms with Gasteiger partial charge in [0.05, 0.1) is 5.56 Å². The number of para-hydroxylation sites is 1. The normalized spacial score (nSPS) is 15.1. The van der Waals surface area contributed by atoms with Gasteiger partial charge in [-0.3, -0.25) is 4.79 Å². The fourth-order valence-corrected chi connectivity index (χ4v) is 2.83. The third kappa shape index (κ3) is 3.67. The molecule has 2 aromatic rings. The van der Waals surface area contributed by atoms with Crippen LogP contribution in [0.4, 0.5) is 11.6 Å². The van der Waals surface area contributed by atoms with E-state index in [9.17, 15) is 4.79 Å². The van der Waals surface area contributed by atoms with E-state index < -0.39 is 0 Å². The van der Waals surface area contributed by atoms with Crippen LogP contribution in [0.3, 0.4) is 0 Å². The van der Waals surface area contributed by atoms with Gasteiger partial charge in [-0.05, 0) is 25.0 Å². The molecular formula is C18H22N4O. The first-order valence-electron chi connectivity index (χ1n) is 8.16. The molecular weight excluding hydrogens is 288 g/mol. The number of anilines is 2. The fraction of sp³-hybridized carbons (Fsp3) is 0.389. The first-order valence-corrected chi connectivity index (χ1v) is 8.16. The van der Waals surface area contributed by atoms with Gasteiger partial charge in [-0.2, -0.15) is 0 Å². The van der Waals surface area contributed by atoms with Crippen LogP contribution in [-0.2, 0) is 0 Å². The van der Waals surface area contributed by atoms with Gasteiger partial charge in [-0.25, -0.2) is 9.97 Å². The predicted octanol–water partition coefficient (Wildman–Crippen LogP) is 3.13. The summed E-state index contributed by atoms with van der Waals surface area (Å²) in [4.78, 5) is 25.2. The number of hydrogen-bond donors (Lipinski definition) is 0. The molecule has 1 aromatic heterocycles. The molecule has 0 N–H and O–H groups in total. The molecule has 1 fully saturated rings. The molecule has 5 heteroatoms. The first kappa shape index (κ1) is 15.5. The van der Waals surface area contributed by atoms with E-state index in [2.05, 4.69) is 14.9 Å². The first-order chi connectivity index (χ1) is 11.3. The van der Waals surface area contributed by atoms with E-state index in [1.165, 1.54) is 25.7 Å². The SMILES string of the molecule is CN(C(=O)c1cnc(N2CCCCCC2)nc1)c1ccccc1. The van der Waals surface area contributed by atoms with Gasteiger partial charge < -0.3 is 9.80 Å². The van der Waals surface area contributed by atoms with E-state index >= 15 is 0 Å². The second-order valence-electron chi connectivity index (χ2n) is 5.87. The maximum Gasteiger partial charge on any atom is 0.261 e. The second-order valence-corrected chi connectivity index (χ2v) is 5.87. The molecule has 120 valence electrons. The van der Waals surface area contributed by atoms with Crippen molar-refractivity contribution in [3.63, 3.8) is 0 Å². The van der Waals surface area contributed by atoms with Gasteiger partial charge in [0.15, 0.2) is 0 Å². The summed E-state index contributed by atoms with van der Waals surface area (Å²) in [6.45, 7) is 1.99. The molecule has 5 nitrogen and oxygen atoms in total. The van der Waals surface area contributed by atoms with Gasteiger partial charge in [0, 0.05) is 38.2 Å². The van der Waals surface area contributed by atoms with Crippen molar-refractivity contribution in [1.82, 2.24) is 9.97 Å². The summed E-state index contributed by atoms with van der Waals surface area (Å²) >= 11 is 0. The van der Waals surface area contributed by atoms with Crippen LogP contribution in [0, 0.1) is 0 Å². The number of aromatic nitrogens is 2. The van der Waals surface area contributed by atoms with E-state index in [0.29, 0.717) is 5.56 Å². The Morgan fingerprint density at radius 2 is 1.61 bits per heavy atom. The number of rotatable bonds is 3. The predicted molar refractivity (Wildman–Crippen MR) is 91.9 cm³/mol. The lowest BCUT2D eigenvalue weighted by Crippen LogP contribution is -2.28. The largest absolute Gasteiger partial charge is 0.341 e. The highest BCUT2D eigenvalue weighted by Crippen LogP contribution is 2.17. The average Bonchev–Trinajstić information content (AvgIpc) is 2.91. The van der Waals surface area contributed by atoms with Crippen molar-refractivity contribution >= 4 is 17.5 Å². The standard InChI is InChI=1S/C18H22N4O/c1-21(16-9-5-4-6-10-16)17(23)15-13-19-18(20-14-15)22-11-7-2-3-8-12-22/h4-6,9-10,13-14H,2-3,7-8,11-12H2,1H3. The van der Waals surface area contributed by atoms with Crippen molar-refractivity contribution in [3.05, 3.63) is 48.3 Å². The highest BCUT2D eigenvalue weighted by Gasteiger charge is 2.16. The highest BCUT2D eigenvalue weighted by molar-refractivity contribution is 6.05. The van der Waals surface area contributed by atoms with E-state index in [4.69, 9.17) is 0 Å². The highest BCUT2D eigenvalue weighted by atomic mass is 16.2. The lowest BCUT2D eigenvalue weighted by molar-refractivity contribution is 0.0992. The molecule has 0 aliphatic carbocycles. The molecule has 0 saturated carbocycles. The van der Waals surface area contributed by atoms with Gasteiger partial charge in [0.2, 0.25) is 5.95 Å². The van der Waals surface area contributed by atoms with Crippen LogP contribution in [0.2, 0.25) is 0 Å². The molecule has 1 aliphatic rings. The summed E-state index contributed by atoms with van der Waals surface area (Å²) in [6, 6.07) is 9.58. The molecule has 0 spiro atoms. The van der Waals surface area contributed by atoms with E-state index in [1.54, 1.807) is 24.3 Å². The van der Waals surface area contributed by atoms with Crippen LogP contribution < -0.4 is 9.80 Å². The molecule has 0 unspecified atom stereocenters. The topological polar surface area (TPSA) is 49.3 Å². The third-order valence-corrected chi connectivity index (χ3v) is 4.22. The Morgan fingerprint density at radius 1 is 1.00 bits per heavy atom. The van der Waals surface area contributed by atoms with E-state index in [1.807, 2.05) is 30.3 Å². The Hall–Kier alpha value is -2.43. The van der Waals surface area contributed by atoms with Crippen molar-refractivity contribution in [2.75, 3.05) is 29.9 Å². The van der Waals surface area contributed by atoms with Gasteiger partial charge >= 0.3 is 0 Å². The second kappa shape index (κ2) is 7.22. The van der Waals surface area contributed by atoms with Crippen LogP contribution in [0.1, 0.15) is 36.0 Å². The Balaban J connectivity index is 1.72. The van der Waals surface area contributed by atoms with Crippen LogP contribution in [-0.4, -0.2) is 36.0 Å². The molecule has 2 heterocycles. The summed E-state index contributed by atoms with van der Waals surface area (Å²) in [5, 5.41) is 0. The maximum absolute atomic E-state index is 12.5. The van der Waals surface area contributed by atoms with Gasteiger partial charge in [-0.1, -0.05) is 31.0 Å². The molecule has 1 amide bonds. The number of carbonyl (C=O) groups excluding carboxylic acids is 1. The minimum Gasteiger partial charge on any atom is -0.341 e. The van der Waals surface area contributed by atoms with Gasteiger partial charge in [-0.15, -0.1) is 0 Å². The quantitative estimate of drug-likeness (QED) is 0.874. The zero-order valence-electron chi connectivity index (χ0n) is 13.5. The van der Waals surface area contributed by atoms with Crippen LogP contribution in [0.25, 0.3) is 0 Å². The summed E-state index contributed by atoms with van der Waals surface area (Å²) in [6.07, 6.45) is 8.18. The zero-order chi connectivity index (χ0) is 16.1. The number of nitrogens with zero attached hydrogens (tertiary/aromatic N) is 4. The maximum atomic E-state index is 12.5. The zero-order valence-corrected chi connectivity index (χ0v) is 13.5. The minimum absolute atomic E-state index is 0.0985. The van der Waals surface area contributed by atoms with Gasteiger partial charge in [0.1, 0.15) is 0 Å². The summed E-state index contributed by atoms with van der Waals surface area (Å²) < 4.78 is 0. The number of hydrogen-bond acceptors (Lipinski definition) is 4. The minimum atomic E-state index is -0.0985. The van der Waals surface area contributed by atoms with E-state index in [-0.39, 0.29) is 5.91 Å². The Kier molecular flexibility index (Phi) is 4.86. The van der Waals surface area contributed by atoms with E-state index in [0.717, 1.165) is 24.7 Å². The van der Waals surface area contributed by atoms with Crippen molar-refractivity contribution in [2.24, 2.45) is 0 Å². The molecule has 0 bridgehead atoms. The molecule has 3 rings (SSSR count).